The van der Waals surface area contributed by atoms with Crippen LogP contribution in [0.3, 0.4) is 0 Å². The molecule has 0 saturated heterocycles. The maximum atomic E-state index is 11.9. The molecule has 3 aromatic rings. The Bertz CT molecular complexity index is 952. The van der Waals surface area contributed by atoms with Crippen molar-refractivity contribution < 1.29 is 19.0 Å². The lowest BCUT2D eigenvalue weighted by molar-refractivity contribution is 0.168. The van der Waals surface area contributed by atoms with Crippen molar-refractivity contribution in [3.05, 3.63) is 48.5 Å². The largest absolute Gasteiger partial charge is 0.497 e. The van der Waals surface area contributed by atoms with E-state index in [-0.39, 0.29) is 6.01 Å². The summed E-state index contributed by atoms with van der Waals surface area (Å²) < 4.78 is 17.6. The number of carbonyl (C=O) groups excluding carboxylic acids is 1. The monoisotopic (exact) mass is 397 g/mol. The number of hydrogen-bond donors (Lipinski definition) is 1. The third-order valence-corrected chi connectivity index (χ3v) is 3.95. The molecule has 0 bridgehead atoms. The van der Waals surface area contributed by atoms with Gasteiger partial charge in [0.15, 0.2) is 5.82 Å². The maximum absolute atomic E-state index is 11.9. The van der Waals surface area contributed by atoms with Crippen LogP contribution in [0.2, 0.25) is 0 Å². The fourth-order valence-electron chi connectivity index (χ4n) is 2.47. The zero-order valence-electron chi connectivity index (χ0n) is 16.5. The Labute approximate surface area is 168 Å². The molecule has 9 heteroatoms. The predicted octanol–water partition coefficient (Wildman–Crippen LogP) is 2.34. The highest BCUT2D eigenvalue weighted by molar-refractivity contribution is 5.69. The van der Waals surface area contributed by atoms with Gasteiger partial charge in [0.2, 0.25) is 0 Å². The van der Waals surface area contributed by atoms with Crippen LogP contribution in [0.25, 0.3) is 17.1 Å². The molecule has 2 N–H and O–H groups in total. The summed E-state index contributed by atoms with van der Waals surface area (Å²) in [5.41, 5.74) is 6.98. The highest BCUT2D eigenvalue weighted by Crippen LogP contribution is 2.26. The average Bonchev–Trinajstić information content (AvgIpc) is 3.16. The van der Waals surface area contributed by atoms with Crippen molar-refractivity contribution in [3.8, 4) is 34.6 Å². The second kappa shape index (κ2) is 9.07. The Morgan fingerprint density at radius 2 is 1.72 bits per heavy atom. The number of aromatic nitrogens is 3. The van der Waals surface area contributed by atoms with Crippen LogP contribution in [0.1, 0.15) is 0 Å². The second-order valence-corrected chi connectivity index (χ2v) is 6.25. The van der Waals surface area contributed by atoms with Gasteiger partial charge in [-0.25, -0.2) is 9.48 Å². The fourth-order valence-corrected chi connectivity index (χ4v) is 2.47. The standard InChI is InChI=1S/C20H23N5O4/c1-24(2)20(26)29-19-22-18(14-4-8-17(9-5-14)28-13-12-21)25(23-19)15-6-10-16(27-3)11-7-15/h4-11H,12-13,21H2,1-3H3. The summed E-state index contributed by atoms with van der Waals surface area (Å²) in [5.74, 6) is 1.94. The van der Waals surface area contributed by atoms with Crippen molar-refractivity contribution in [1.29, 1.82) is 0 Å². The summed E-state index contributed by atoms with van der Waals surface area (Å²) in [5, 5.41) is 4.35. The molecule has 29 heavy (non-hydrogen) atoms. The highest BCUT2D eigenvalue weighted by atomic mass is 16.6. The molecule has 152 valence electrons. The first-order valence-corrected chi connectivity index (χ1v) is 8.95. The number of hydrogen-bond acceptors (Lipinski definition) is 7. The summed E-state index contributed by atoms with van der Waals surface area (Å²) in [7, 11) is 4.77. The van der Waals surface area contributed by atoms with E-state index in [4.69, 9.17) is 19.9 Å². The zero-order chi connectivity index (χ0) is 20.8. The van der Waals surface area contributed by atoms with E-state index in [1.807, 2.05) is 48.5 Å². The van der Waals surface area contributed by atoms with E-state index in [1.165, 1.54) is 4.90 Å². The van der Waals surface area contributed by atoms with Gasteiger partial charge < -0.3 is 24.8 Å². The minimum Gasteiger partial charge on any atom is -0.497 e. The van der Waals surface area contributed by atoms with Gasteiger partial charge in [0, 0.05) is 26.2 Å². The van der Waals surface area contributed by atoms with Gasteiger partial charge in [-0.3, -0.25) is 0 Å². The molecule has 0 fully saturated rings. The van der Waals surface area contributed by atoms with Crippen LogP contribution in [0, 0.1) is 0 Å². The molecule has 2 aromatic carbocycles. The first kappa shape index (κ1) is 20.2. The number of amides is 1. The summed E-state index contributed by atoms with van der Waals surface area (Å²) in [6.07, 6.45) is -0.561. The Kier molecular flexibility index (Phi) is 6.30. The quantitative estimate of drug-likeness (QED) is 0.652. The van der Waals surface area contributed by atoms with Gasteiger partial charge in [0.1, 0.15) is 18.1 Å². The van der Waals surface area contributed by atoms with Gasteiger partial charge in [0.05, 0.1) is 12.8 Å². The molecule has 0 unspecified atom stereocenters. The van der Waals surface area contributed by atoms with Crippen LogP contribution in [0.4, 0.5) is 4.79 Å². The summed E-state index contributed by atoms with van der Waals surface area (Å²) >= 11 is 0. The van der Waals surface area contributed by atoms with E-state index in [1.54, 1.807) is 25.9 Å². The molecule has 9 nitrogen and oxygen atoms in total. The van der Waals surface area contributed by atoms with Crippen LogP contribution in [0.15, 0.2) is 48.5 Å². The molecule has 1 amide bonds. The zero-order valence-corrected chi connectivity index (χ0v) is 16.5. The third-order valence-electron chi connectivity index (χ3n) is 3.95. The van der Waals surface area contributed by atoms with Gasteiger partial charge in [-0.1, -0.05) is 0 Å². The summed E-state index contributed by atoms with van der Waals surface area (Å²) in [6, 6.07) is 14.6. The lowest BCUT2D eigenvalue weighted by Gasteiger charge is -2.08. The number of carbonyl (C=O) groups is 1. The molecule has 0 aliphatic heterocycles. The van der Waals surface area contributed by atoms with Crippen molar-refractivity contribution >= 4 is 6.09 Å². The Morgan fingerprint density at radius 1 is 1.07 bits per heavy atom. The fraction of sp³-hybridized carbons (Fsp3) is 0.250. The Hall–Kier alpha value is -3.59. The summed E-state index contributed by atoms with van der Waals surface area (Å²) in [4.78, 5) is 17.6. The molecule has 3 rings (SSSR count). The number of methoxy groups -OCH3 is 1. The lowest BCUT2D eigenvalue weighted by Crippen LogP contribution is -2.25. The van der Waals surface area contributed by atoms with Crippen LogP contribution >= 0.6 is 0 Å². The van der Waals surface area contributed by atoms with Crippen LogP contribution < -0.4 is 19.9 Å². The van der Waals surface area contributed by atoms with Crippen LogP contribution in [-0.2, 0) is 0 Å². The van der Waals surface area contributed by atoms with Crippen molar-refractivity contribution in [2.45, 2.75) is 0 Å². The van der Waals surface area contributed by atoms with Gasteiger partial charge in [-0.15, -0.1) is 5.10 Å². The van der Waals surface area contributed by atoms with Crippen molar-refractivity contribution in [3.63, 3.8) is 0 Å². The number of nitrogens with zero attached hydrogens (tertiary/aromatic N) is 4. The first-order valence-electron chi connectivity index (χ1n) is 8.95. The molecular formula is C20H23N5O4. The molecule has 0 atom stereocenters. The molecular weight excluding hydrogens is 374 g/mol. The molecule has 1 aromatic heterocycles. The van der Waals surface area contributed by atoms with Crippen molar-refractivity contribution in [2.24, 2.45) is 5.73 Å². The number of rotatable bonds is 7. The van der Waals surface area contributed by atoms with Gasteiger partial charge >= 0.3 is 12.1 Å². The Balaban J connectivity index is 1.98. The maximum Gasteiger partial charge on any atom is 0.417 e. The Morgan fingerprint density at radius 3 is 2.31 bits per heavy atom. The van der Waals surface area contributed by atoms with E-state index in [9.17, 15) is 4.79 Å². The van der Waals surface area contributed by atoms with E-state index in [0.717, 1.165) is 17.0 Å². The van der Waals surface area contributed by atoms with Crippen LogP contribution in [0.5, 0.6) is 17.5 Å². The first-order chi connectivity index (χ1) is 14.0. The molecule has 1 heterocycles. The molecule has 0 spiro atoms. The summed E-state index contributed by atoms with van der Waals surface area (Å²) in [6.45, 7) is 0.875. The number of ether oxygens (including phenoxy) is 3. The van der Waals surface area contributed by atoms with Gasteiger partial charge in [-0.05, 0) is 48.5 Å². The number of nitrogens with two attached hydrogens (primary N) is 1. The second-order valence-electron chi connectivity index (χ2n) is 6.25. The normalized spacial score (nSPS) is 10.5. The predicted molar refractivity (Wildman–Crippen MR) is 108 cm³/mol. The smallest absolute Gasteiger partial charge is 0.417 e. The molecule has 0 saturated carbocycles. The van der Waals surface area contributed by atoms with E-state index in [0.29, 0.717) is 24.7 Å². The number of benzene rings is 2. The van der Waals surface area contributed by atoms with E-state index >= 15 is 0 Å². The lowest BCUT2D eigenvalue weighted by atomic mass is 10.2. The minimum atomic E-state index is -0.561. The SMILES string of the molecule is COc1ccc(-n2nc(OC(=O)N(C)C)nc2-c2ccc(OCCN)cc2)cc1. The van der Waals surface area contributed by atoms with E-state index in [2.05, 4.69) is 10.1 Å². The van der Waals surface area contributed by atoms with Crippen LogP contribution in [-0.4, -0.2) is 60.1 Å². The van der Waals surface area contributed by atoms with Gasteiger partial charge in [-0.2, -0.15) is 4.98 Å². The molecule has 0 aliphatic carbocycles. The molecule has 0 radical (unpaired) electrons. The molecule has 0 aliphatic rings. The topological polar surface area (TPSA) is 105 Å². The minimum absolute atomic E-state index is 0.0435. The average molecular weight is 397 g/mol. The van der Waals surface area contributed by atoms with Crippen molar-refractivity contribution in [2.75, 3.05) is 34.4 Å². The third kappa shape index (κ3) is 4.82. The van der Waals surface area contributed by atoms with Crippen molar-refractivity contribution in [1.82, 2.24) is 19.7 Å². The van der Waals surface area contributed by atoms with Gasteiger partial charge in [0.25, 0.3) is 0 Å². The highest BCUT2D eigenvalue weighted by Gasteiger charge is 2.18. The van der Waals surface area contributed by atoms with E-state index < -0.39 is 6.09 Å².